The van der Waals surface area contributed by atoms with Gasteiger partial charge < -0.3 is 10.1 Å². The lowest BCUT2D eigenvalue weighted by molar-refractivity contribution is -0.135. The summed E-state index contributed by atoms with van der Waals surface area (Å²) in [6.45, 7) is 11.7. The fraction of sp³-hybridized carbons (Fsp3) is 0.567. The Kier molecular flexibility index (Phi) is 7.68. The lowest BCUT2D eigenvalue weighted by Gasteiger charge is -2.48. The van der Waals surface area contributed by atoms with Gasteiger partial charge in [0.05, 0.1) is 12.2 Å². The highest BCUT2D eigenvalue weighted by molar-refractivity contribution is 7.97. The summed E-state index contributed by atoms with van der Waals surface area (Å²) in [5, 5.41) is 4.30. The summed E-state index contributed by atoms with van der Waals surface area (Å²) < 4.78 is 10.7. The molecule has 0 amide bonds. The number of aromatic nitrogens is 3. The predicted molar refractivity (Wildman–Crippen MR) is 158 cm³/mol. The van der Waals surface area contributed by atoms with Crippen LogP contribution in [0.1, 0.15) is 64.0 Å². The Hall–Kier alpha value is -2.46. The molecular formula is C30H40N6O2S. The first kappa shape index (κ1) is 26.7. The first-order valence-electron chi connectivity index (χ1n) is 14.5. The molecule has 9 heteroatoms. The van der Waals surface area contributed by atoms with Crippen LogP contribution in [0.25, 0.3) is 11.0 Å². The van der Waals surface area contributed by atoms with E-state index in [9.17, 15) is 4.79 Å². The predicted octanol–water partition coefficient (Wildman–Crippen LogP) is 5.54. The van der Waals surface area contributed by atoms with Crippen LogP contribution in [0.15, 0.2) is 46.2 Å². The zero-order valence-electron chi connectivity index (χ0n) is 23.4. The van der Waals surface area contributed by atoms with Crippen LogP contribution in [0.3, 0.4) is 0 Å². The molecule has 1 saturated carbocycles. The van der Waals surface area contributed by atoms with E-state index in [-0.39, 0.29) is 17.2 Å². The lowest BCUT2D eigenvalue weighted by Crippen LogP contribution is -2.57. The molecule has 3 fully saturated rings. The molecule has 0 bridgehead atoms. The Morgan fingerprint density at radius 3 is 2.64 bits per heavy atom. The summed E-state index contributed by atoms with van der Waals surface area (Å²) in [6.07, 6.45) is 8.36. The highest BCUT2D eigenvalue weighted by atomic mass is 32.2. The Labute approximate surface area is 235 Å². The van der Waals surface area contributed by atoms with Crippen molar-refractivity contribution in [1.82, 2.24) is 23.7 Å². The van der Waals surface area contributed by atoms with E-state index in [4.69, 9.17) is 9.72 Å². The Morgan fingerprint density at radius 1 is 1.10 bits per heavy atom. The number of pyridine rings is 1. The molecule has 0 unspecified atom stereocenters. The number of hydrogen-bond donors (Lipinski definition) is 1. The molecule has 8 nitrogen and oxygen atoms in total. The van der Waals surface area contributed by atoms with E-state index >= 15 is 0 Å². The van der Waals surface area contributed by atoms with Crippen molar-refractivity contribution in [3.8, 4) is 0 Å². The number of rotatable bonds is 6. The smallest absolute Gasteiger partial charge is 0.252 e. The van der Waals surface area contributed by atoms with Gasteiger partial charge in [-0.15, -0.1) is 0 Å². The number of nitrogens with one attached hydrogen (secondary N) is 1. The second kappa shape index (κ2) is 11.2. The SMILES string of the molecule is Cc1cc(SN2CCC3(CC2)CN(C(C)C)CCO3)ccc1Nc1ncc2ccc(=O)n(C3CCCC3)c2n1. The minimum absolute atomic E-state index is 0.0197. The maximum Gasteiger partial charge on any atom is 0.252 e. The van der Waals surface area contributed by atoms with Gasteiger partial charge in [0.15, 0.2) is 0 Å². The van der Waals surface area contributed by atoms with Crippen LogP contribution in [-0.4, -0.2) is 68.2 Å². The lowest BCUT2D eigenvalue weighted by atomic mass is 9.90. The third-order valence-corrected chi connectivity index (χ3v) is 9.77. The van der Waals surface area contributed by atoms with Gasteiger partial charge in [-0.25, -0.2) is 9.29 Å². The summed E-state index contributed by atoms with van der Waals surface area (Å²) in [4.78, 5) is 25.9. The second-order valence-corrected chi connectivity index (χ2v) is 12.8. The minimum atomic E-state index is 0.0197. The molecular weight excluding hydrogens is 508 g/mol. The van der Waals surface area contributed by atoms with Crippen LogP contribution in [0.4, 0.5) is 11.6 Å². The molecule has 1 N–H and O–H groups in total. The van der Waals surface area contributed by atoms with Gasteiger partial charge >= 0.3 is 0 Å². The topological polar surface area (TPSA) is 75.5 Å². The van der Waals surface area contributed by atoms with Crippen LogP contribution in [0.5, 0.6) is 0 Å². The van der Waals surface area contributed by atoms with Crippen LogP contribution >= 0.6 is 11.9 Å². The number of hydrogen-bond acceptors (Lipinski definition) is 8. The van der Waals surface area contributed by atoms with Gasteiger partial charge in [0.2, 0.25) is 5.95 Å². The van der Waals surface area contributed by atoms with E-state index in [0.717, 1.165) is 93.6 Å². The average Bonchev–Trinajstić information content (AvgIpc) is 3.46. The number of piperidine rings is 1. The normalized spacial score (nSPS) is 20.8. The number of ether oxygens (including phenoxy) is 1. The molecule has 1 aliphatic carbocycles. The monoisotopic (exact) mass is 548 g/mol. The van der Waals surface area contributed by atoms with Crippen LogP contribution in [0.2, 0.25) is 0 Å². The highest BCUT2D eigenvalue weighted by Crippen LogP contribution is 2.36. The van der Waals surface area contributed by atoms with Gasteiger partial charge in [0, 0.05) is 66.5 Å². The van der Waals surface area contributed by atoms with Crippen molar-refractivity contribution >= 4 is 34.6 Å². The van der Waals surface area contributed by atoms with Gasteiger partial charge in [0.25, 0.3) is 5.56 Å². The van der Waals surface area contributed by atoms with E-state index in [1.54, 1.807) is 6.07 Å². The summed E-state index contributed by atoms with van der Waals surface area (Å²) in [7, 11) is 0. The van der Waals surface area contributed by atoms with Crippen molar-refractivity contribution in [3.05, 3.63) is 52.4 Å². The first-order valence-corrected chi connectivity index (χ1v) is 15.2. The Morgan fingerprint density at radius 2 is 1.90 bits per heavy atom. The molecule has 208 valence electrons. The molecule has 3 aliphatic rings. The number of anilines is 2. The molecule has 3 aromatic rings. The zero-order valence-corrected chi connectivity index (χ0v) is 24.2. The number of aryl methyl sites for hydroxylation is 1. The maximum absolute atomic E-state index is 12.7. The number of morpholine rings is 1. The van der Waals surface area contributed by atoms with Crippen molar-refractivity contribution < 1.29 is 4.74 Å². The third-order valence-electron chi connectivity index (χ3n) is 8.68. The standard InChI is InChI=1S/C30H40N6O2S/c1-21(2)34-16-17-38-30(20-34)12-14-35(15-13-30)39-25-9-10-26(22(3)18-25)32-29-31-19-23-8-11-27(37)36(28(23)33-29)24-6-4-5-7-24/h8-11,18-19,21,24H,4-7,12-17,20H2,1-3H3,(H,31,32,33). The quantitative estimate of drug-likeness (QED) is 0.403. The maximum atomic E-state index is 12.7. The Balaban J connectivity index is 1.12. The van der Waals surface area contributed by atoms with Crippen molar-refractivity contribution in [1.29, 1.82) is 0 Å². The zero-order chi connectivity index (χ0) is 27.0. The summed E-state index contributed by atoms with van der Waals surface area (Å²) >= 11 is 1.83. The molecule has 0 atom stereocenters. The molecule has 4 heterocycles. The van der Waals surface area contributed by atoms with E-state index in [2.05, 4.69) is 58.5 Å². The van der Waals surface area contributed by atoms with Crippen LogP contribution in [-0.2, 0) is 4.74 Å². The highest BCUT2D eigenvalue weighted by Gasteiger charge is 2.40. The molecule has 6 rings (SSSR count). The molecule has 2 aromatic heterocycles. The summed E-state index contributed by atoms with van der Waals surface area (Å²) in [5.41, 5.74) is 2.88. The first-order chi connectivity index (χ1) is 18.9. The van der Waals surface area contributed by atoms with Crippen molar-refractivity contribution in [2.75, 3.05) is 38.1 Å². The second-order valence-electron chi connectivity index (χ2n) is 11.7. The van der Waals surface area contributed by atoms with Crippen molar-refractivity contribution in [2.24, 2.45) is 0 Å². The fourth-order valence-corrected chi connectivity index (χ4v) is 7.34. The molecule has 2 saturated heterocycles. The molecule has 1 aromatic carbocycles. The van der Waals surface area contributed by atoms with E-state index in [1.807, 2.05) is 28.8 Å². The van der Waals surface area contributed by atoms with Crippen molar-refractivity contribution in [2.45, 2.75) is 81.9 Å². The largest absolute Gasteiger partial charge is 0.372 e. The Bertz CT molecular complexity index is 1380. The van der Waals surface area contributed by atoms with Crippen LogP contribution in [0, 0.1) is 6.92 Å². The summed E-state index contributed by atoms with van der Waals surface area (Å²) in [6, 6.07) is 10.8. The van der Waals surface area contributed by atoms with Crippen LogP contribution < -0.4 is 10.9 Å². The molecule has 2 aliphatic heterocycles. The van der Waals surface area contributed by atoms with Gasteiger partial charge in [-0.3, -0.25) is 14.3 Å². The minimum Gasteiger partial charge on any atom is -0.372 e. The molecule has 39 heavy (non-hydrogen) atoms. The van der Waals surface area contributed by atoms with Gasteiger partial charge in [-0.1, -0.05) is 12.8 Å². The fourth-order valence-electron chi connectivity index (χ4n) is 6.32. The van der Waals surface area contributed by atoms with E-state index < -0.39 is 0 Å². The third kappa shape index (κ3) is 5.73. The van der Waals surface area contributed by atoms with Gasteiger partial charge in [-0.05, 0) is 88.2 Å². The van der Waals surface area contributed by atoms with E-state index in [0.29, 0.717) is 12.0 Å². The van der Waals surface area contributed by atoms with Gasteiger partial charge in [0.1, 0.15) is 5.65 Å². The number of benzene rings is 1. The summed E-state index contributed by atoms with van der Waals surface area (Å²) in [5.74, 6) is 0.521. The average molecular weight is 549 g/mol. The molecule has 0 radical (unpaired) electrons. The van der Waals surface area contributed by atoms with Crippen molar-refractivity contribution in [3.63, 3.8) is 0 Å². The number of nitrogens with zero attached hydrogens (tertiary/aromatic N) is 5. The van der Waals surface area contributed by atoms with E-state index in [1.165, 1.54) is 4.90 Å². The van der Waals surface area contributed by atoms with Gasteiger partial charge in [-0.2, -0.15) is 4.98 Å². The molecule has 1 spiro atoms. The number of fused-ring (bicyclic) bond motifs is 1.